The lowest BCUT2D eigenvalue weighted by molar-refractivity contribution is 0.0175. The summed E-state index contributed by atoms with van der Waals surface area (Å²) < 4.78 is 50.9. The van der Waals surface area contributed by atoms with Crippen molar-refractivity contribution in [1.29, 1.82) is 0 Å². The van der Waals surface area contributed by atoms with Gasteiger partial charge in [-0.2, -0.15) is 0 Å². The Hall–Kier alpha value is -2.13. The maximum atomic E-state index is 13.4. The predicted molar refractivity (Wildman–Crippen MR) is 125 cm³/mol. The summed E-state index contributed by atoms with van der Waals surface area (Å²) in [5.41, 5.74) is 1.20. The molecule has 1 saturated heterocycles. The minimum absolute atomic E-state index is 0.0315. The van der Waals surface area contributed by atoms with Crippen molar-refractivity contribution in [2.24, 2.45) is 0 Å². The molecular weight excluding hydrogens is 454 g/mol. The van der Waals surface area contributed by atoms with Gasteiger partial charge in [0, 0.05) is 60.8 Å². The molecule has 1 aliphatic rings. The van der Waals surface area contributed by atoms with E-state index in [0.717, 1.165) is 23.8 Å². The summed E-state index contributed by atoms with van der Waals surface area (Å²) >= 11 is 1.52. The summed E-state index contributed by atoms with van der Waals surface area (Å²) in [6.45, 7) is 6.94. The van der Waals surface area contributed by atoms with E-state index in [0.29, 0.717) is 31.7 Å². The fourth-order valence-corrected chi connectivity index (χ4v) is 5.14. The first-order valence-electron chi connectivity index (χ1n) is 10.4. The van der Waals surface area contributed by atoms with Gasteiger partial charge in [0.25, 0.3) is 11.8 Å². The zero-order valence-corrected chi connectivity index (χ0v) is 20.3. The highest BCUT2D eigenvalue weighted by molar-refractivity contribution is 8.00. The van der Waals surface area contributed by atoms with E-state index in [4.69, 9.17) is 0 Å². The third-order valence-corrected chi connectivity index (χ3v) is 7.47. The summed E-state index contributed by atoms with van der Waals surface area (Å²) in [4.78, 5) is 18.0. The number of anilines is 1. The molecule has 0 N–H and O–H groups in total. The van der Waals surface area contributed by atoms with E-state index >= 15 is 0 Å². The third-order valence-electron chi connectivity index (χ3n) is 5.28. The quantitative estimate of drug-likeness (QED) is 0.561. The van der Waals surface area contributed by atoms with Gasteiger partial charge in [-0.05, 0) is 30.3 Å². The minimum atomic E-state index is -3.44. The van der Waals surface area contributed by atoms with Crippen LogP contribution in [0.2, 0.25) is 0 Å². The van der Waals surface area contributed by atoms with Crippen LogP contribution in [-0.2, 0) is 15.8 Å². The Bertz CT molecular complexity index is 1070. The molecule has 2 aromatic carbocycles. The molecule has 0 unspecified atom stereocenters. The maximum absolute atomic E-state index is 13.4. The Morgan fingerprint density at radius 2 is 1.62 bits per heavy atom. The van der Waals surface area contributed by atoms with E-state index in [1.807, 2.05) is 13.8 Å². The Morgan fingerprint density at radius 1 is 1.03 bits per heavy atom. The van der Waals surface area contributed by atoms with Gasteiger partial charge in [0.1, 0.15) is 0 Å². The Labute approximate surface area is 192 Å². The molecule has 9 heteroatoms. The Kier molecular flexibility index (Phi) is 7.19. The number of benzene rings is 2. The zero-order valence-electron chi connectivity index (χ0n) is 18.6. The smallest absolute Gasteiger partial charge is 0.270 e. The highest BCUT2D eigenvalue weighted by Gasteiger charge is 2.27. The van der Waals surface area contributed by atoms with Gasteiger partial charge in [-0.1, -0.05) is 26.0 Å². The largest absolute Gasteiger partial charge is 0.368 e. The SMILES string of the molecule is CC(C)Sc1ccc(S(C)(=O)=O)cc1C(=O)N1CCN(c2ccc(C(C)(F)F)cc2)CC1. The lowest BCUT2D eigenvalue weighted by Crippen LogP contribution is -2.49. The number of rotatable bonds is 6. The number of thioether (sulfide) groups is 1. The van der Waals surface area contributed by atoms with Gasteiger partial charge < -0.3 is 9.80 Å². The van der Waals surface area contributed by atoms with Crippen LogP contribution in [0.3, 0.4) is 0 Å². The topological polar surface area (TPSA) is 57.7 Å². The standard InChI is InChI=1S/C23H28F2N2O3S2/c1-16(2)31-21-10-9-19(32(4,29)30)15-20(21)22(28)27-13-11-26(12-14-27)18-7-5-17(6-8-18)23(3,24)25/h5-10,15-16H,11-14H2,1-4H3. The third kappa shape index (κ3) is 5.81. The highest BCUT2D eigenvalue weighted by Crippen LogP contribution is 2.31. The van der Waals surface area contributed by atoms with E-state index in [2.05, 4.69) is 4.90 Å². The molecule has 0 aliphatic carbocycles. The Morgan fingerprint density at radius 3 is 2.12 bits per heavy atom. The number of hydrogen-bond acceptors (Lipinski definition) is 5. The van der Waals surface area contributed by atoms with Gasteiger partial charge in [-0.15, -0.1) is 11.8 Å². The number of hydrogen-bond donors (Lipinski definition) is 0. The van der Waals surface area contributed by atoms with Crippen LogP contribution in [0, 0.1) is 0 Å². The average Bonchev–Trinajstić information content (AvgIpc) is 2.72. The maximum Gasteiger partial charge on any atom is 0.270 e. The number of halogens is 2. The summed E-state index contributed by atoms with van der Waals surface area (Å²) in [5, 5.41) is 0.237. The molecule has 0 spiro atoms. The second-order valence-corrected chi connectivity index (χ2v) is 11.9. The van der Waals surface area contributed by atoms with Crippen molar-refractivity contribution >= 4 is 33.2 Å². The second kappa shape index (κ2) is 9.39. The van der Waals surface area contributed by atoms with E-state index in [9.17, 15) is 22.0 Å². The van der Waals surface area contributed by atoms with Crippen molar-refractivity contribution in [1.82, 2.24) is 4.90 Å². The van der Waals surface area contributed by atoms with Crippen LogP contribution in [0.4, 0.5) is 14.5 Å². The zero-order chi connectivity index (χ0) is 23.7. The average molecular weight is 483 g/mol. The molecule has 1 heterocycles. The van der Waals surface area contributed by atoms with Gasteiger partial charge in [-0.25, -0.2) is 17.2 Å². The van der Waals surface area contributed by atoms with Crippen molar-refractivity contribution in [2.75, 3.05) is 37.3 Å². The van der Waals surface area contributed by atoms with Gasteiger partial charge in [-0.3, -0.25) is 4.79 Å². The van der Waals surface area contributed by atoms with Crippen molar-refractivity contribution < 1.29 is 22.0 Å². The fourth-order valence-electron chi connectivity index (χ4n) is 3.57. The first-order chi connectivity index (χ1) is 14.9. The summed E-state index contributed by atoms with van der Waals surface area (Å²) in [5.74, 6) is -3.07. The van der Waals surface area contributed by atoms with Crippen LogP contribution in [0.15, 0.2) is 52.3 Å². The van der Waals surface area contributed by atoms with Gasteiger partial charge >= 0.3 is 0 Å². The molecule has 5 nitrogen and oxygen atoms in total. The molecule has 1 aliphatic heterocycles. The fraction of sp³-hybridized carbons (Fsp3) is 0.435. The molecule has 2 aromatic rings. The molecule has 1 amide bonds. The van der Waals surface area contributed by atoms with Gasteiger partial charge in [0.05, 0.1) is 10.5 Å². The number of sulfone groups is 1. The first-order valence-corrected chi connectivity index (χ1v) is 13.2. The van der Waals surface area contributed by atoms with Crippen molar-refractivity contribution in [3.05, 3.63) is 53.6 Å². The summed E-state index contributed by atoms with van der Waals surface area (Å²) in [7, 11) is -3.44. The molecule has 3 rings (SSSR count). The molecule has 0 radical (unpaired) electrons. The second-order valence-electron chi connectivity index (χ2n) is 8.31. The number of carbonyl (C=O) groups is 1. The first kappa shape index (κ1) is 24.5. The molecule has 0 bridgehead atoms. The molecular formula is C23H28F2N2O3S2. The highest BCUT2D eigenvalue weighted by atomic mass is 32.2. The number of amides is 1. The van der Waals surface area contributed by atoms with E-state index in [-0.39, 0.29) is 21.6 Å². The van der Waals surface area contributed by atoms with Crippen molar-refractivity contribution in [2.45, 2.75) is 41.7 Å². The van der Waals surface area contributed by atoms with Crippen molar-refractivity contribution in [3.63, 3.8) is 0 Å². The summed E-state index contributed by atoms with van der Waals surface area (Å²) in [6, 6.07) is 10.9. The predicted octanol–water partition coefficient (Wildman–Crippen LogP) is 4.66. The lowest BCUT2D eigenvalue weighted by Gasteiger charge is -2.36. The van der Waals surface area contributed by atoms with E-state index in [1.165, 1.54) is 36.0 Å². The number of nitrogens with zero attached hydrogens (tertiary/aromatic N) is 2. The van der Waals surface area contributed by atoms with Crippen molar-refractivity contribution in [3.8, 4) is 0 Å². The molecule has 1 fully saturated rings. The van der Waals surface area contributed by atoms with Gasteiger partial charge in [0.15, 0.2) is 9.84 Å². The summed E-state index contributed by atoms with van der Waals surface area (Å²) in [6.07, 6.45) is 1.13. The molecule has 32 heavy (non-hydrogen) atoms. The number of carbonyl (C=O) groups excluding carboxylic acids is 1. The van der Waals surface area contributed by atoms with Crippen LogP contribution in [0.25, 0.3) is 0 Å². The van der Waals surface area contributed by atoms with Crippen LogP contribution >= 0.6 is 11.8 Å². The molecule has 0 atom stereocenters. The number of piperazine rings is 1. The molecule has 174 valence electrons. The van der Waals surface area contributed by atoms with Gasteiger partial charge in [0.2, 0.25) is 0 Å². The van der Waals surface area contributed by atoms with Crippen LogP contribution in [0.1, 0.15) is 36.7 Å². The normalized spacial score (nSPS) is 15.3. The Balaban J connectivity index is 1.76. The lowest BCUT2D eigenvalue weighted by atomic mass is 10.1. The van der Waals surface area contributed by atoms with E-state index < -0.39 is 15.8 Å². The van der Waals surface area contributed by atoms with Crippen LogP contribution in [0.5, 0.6) is 0 Å². The number of alkyl halides is 2. The minimum Gasteiger partial charge on any atom is -0.368 e. The monoisotopic (exact) mass is 482 g/mol. The molecule has 0 saturated carbocycles. The van der Waals surface area contributed by atoms with Crippen LogP contribution < -0.4 is 4.90 Å². The molecule has 0 aromatic heterocycles. The van der Waals surface area contributed by atoms with Crippen LogP contribution in [-0.4, -0.2) is 56.9 Å². The van der Waals surface area contributed by atoms with E-state index in [1.54, 1.807) is 23.1 Å².